The number of azide groups is 1. The topological polar surface area (TPSA) is 61.2 Å². The molecule has 0 amide bonds. The van der Waals surface area contributed by atoms with Gasteiger partial charge in [-0.25, -0.2) is 0 Å². The van der Waals surface area contributed by atoms with Gasteiger partial charge in [0.25, 0.3) is 0 Å². The summed E-state index contributed by atoms with van der Waals surface area (Å²) in [5.74, 6) is 0. The van der Waals surface area contributed by atoms with E-state index in [4.69, 9.17) is 10.3 Å². The minimum Gasteiger partial charge on any atom is -0.380 e. The van der Waals surface area contributed by atoms with Gasteiger partial charge in [-0.15, -0.1) is 0 Å². The number of likely N-dealkylation sites (N-methyl/N-ethyl adjacent to an activating group) is 1. The third kappa shape index (κ3) is 19.7. The van der Waals surface area contributed by atoms with Gasteiger partial charge in [-0.1, -0.05) is 82.0 Å². The Morgan fingerprint density at radius 2 is 1.39 bits per heavy atom. The van der Waals surface area contributed by atoms with Crippen molar-refractivity contribution in [1.82, 2.24) is 4.90 Å². The van der Waals surface area contributed by atoms with Crippen molar-refractivity contribution in [2.45, 2.75) is 103 Å². The van der Waals surface area contributed by atoms with Gasteiger partial charge in [0.2, 0.25) is 0 Å². The van der Waals surface area contributed by atoms with Gasteiger partial charge in [-0.2, -0.15) is 0 Å². The monoisotopic (exact) mass is 394 g/mol. The molecule has 0 aromatic rings. The van der Waals surface area contributed by atoms with E-state index in [2.05, 4.69) is 34.0 Å². The van der Waals surface area contributed by atoms with Crippen molar-refractivity contribution >= 4 is 0 Å². The summed E-state index contributed by atoms with van der Waals surface area (Å²) in [4.78, 5) is 4.88. The molecule has 0 aliphatic carbocycles. The van der Waals surface area contributed by atoms with Crippen LogP contribution in [0, 0.1) is 0 Å². The Labute approximate surface area is 174 Å². The molecule has 0 N–H and O–H groups in total. The molecule has 5 heteroatoms. The highest BCUT2D eigenvalue weighted by Gasteiger charge is 2.09. The Kier molecular flexibility index (Phi) is 21.4. The Bertz CT molecular complexity index is 392. The summed E-state index contributed by atoms with van der Waals surface area (Å²) in [6, 6.07) is 0.171. The van der Waals surface area contributed by atoms with E-state index < -0.39 is 0 Å². The molecular weight excluding hydrogens is 348 g/mol. The van der Waals surface area contributed by atoms with Gasteiger partial charge >= 0.3 is 0 Å². The summed E-state index contributed by atoms with van der Waals surface area (Å²) in [6.45, 7) is 4.19. The first-order chi connectivity index (χ1) is 13.7. The minimum atomic E-state index is 0.171. The highest BCUT2D eigenvalue weighted by atomic mass is 16.5. The molecule has 0 fully saturated rings. The molecule has 1 atom stereocenters. The molecule has 0 heterocycles. The summed E-state index contributed by atoms with van der Waals surface area (Å²) >= 11 is 0. The number of allylic oxidation sites excluding steroid dienone is 2. The van der Waals surface area contributed by atoms with Crippen LogP contribution in [-0.2, 0) is 4.74 Å². The zero-order valence-corrected chi connectivity index (χ0v) is 18.9. The Morgan fingerprint density at radius 1 is 0.857 bits per heavy atom. The van der Waals surface area contributed by atoms with Crippen molar-refractivity contribution in [2.75, 3.05) is 33.9 Å². The van der Waals surface area contributed by atoms with E-state index in [-0.39, 0.29) is 6.04 Å². The molecule has 5 nitrogen and oxygen atoms in total. The van der Waals surface area contributed by atoms with Crippen LogP contribution in [0.4, 0.5) is 0 Å². The summed E-state index contributed by atoms with van der Waals surface area (Å²) in [6.07, 6.45) is 23.3. The molecule has 0 unspecified atom stereocenters. The number of nitrogens with zero attached hydrogens (tertiary/aromatic N) is 4. The number of unbranched alkanes of at least 4 members (excludes halogenated alkanes) is 12. The molecule has 0 saturated carbocycles. The van der Waals surface area contributed by atoms with Gasteiger partial charge in [0, 0.05) is 24.1 Å². The smallest absolute Gasteiger partial charge is 0.0622 e. The average Bonchev–Trinajstić information content (AvgIpc) is 2.69. The summed E-state index contributed by atoms with van der Waals surface area (Å²) < 4.78 is 5.74. The van der Waals surface area contributed by atoms with Crippen molar-refractivity contribution in [3.8, 4) is 0 Å². The lowest BCUT2D eigenvalue weighted by Gasteiger charge is -2.22. The van der Waals surface area contributed by atoms with Crippen LogP contribution in [0.2, 0.25) is 0 Å². The van der Waals surface area contributed by atoms with Crippen molar-refractivity contribution in [3.63, 3.8) is 0 Å². The van der Waals surface area contributed by atoms with E-state index >= 15 is 0 Å². The van der Waals surface area contributed by atoms with Crippen molar-refractivity contribution < 1.29 is 4.74 Å². The molecule has 0 radical (unpaired) electrons. The fraction of sp³-hybridized carbons (Fsp3) is 0.913. The highest BCUT2D eigenvalue weighted by molar-refractivity contribution is 4.81. The molecule has 0 aliphatic heterocycles. The molecule has 164 valence electrons. The van der Waals surface area contributed by atoms with Crippen molar-refractivity contribution in [2.24, 2.45) is 5.11 Å². The molecule has 0 bridgehead atoms. The van der Waals surface area contributed by atoms with Crippen LogP contribution >= 0.6 is 0 Å². The van der Waals surface area contributed by atoms with Gasteiger partial charge in [-0.05, 0) is 51.7 Å². The molecule has 0 saturated heterocycles. The van der Waals surface area contributed by atoms with Crippen LogP contribution in [0.5, 0.6) is 0 Å². The van der Waals surface area contributed by atoms with Crippen LogP contribution in [0.15, 0.2) is 17.3 Å². The molecule has 0 spiro atoms. The lowest BCUT2D eigenvalue weighted by Crippen LogP contribution is -2.35. The highest BCUT2D eigenvalue weighted by Crippen LogP contribution is 2.10. The van der Waals surface area contributed by atoms with Gasteiger partial charge in [0.05, 0.1) is 6.61 Å². The maximum Gasteiger partial charge on any atom is 0.0622 e. The molecule has 28 heavy (non-hydrogen) atoms. The second kappa shape index (κ2) is 22.3. The normalized spacial score (nSPS) is 12.6. The van der Waals surface area contributed by atoms with E-state index in [1.54, 1.807) is 0 Å². The number of hydrogen-bond donors (Lipinski definition) is 0. The molecular formula is C23H46N4O. The Hall–Kier alpha value is -1.03. The minimum absolute atomic E-state index is 0.171. The predicted molar refractivity (Wildman–Crippen MR) is 122 cm³/mol. The molecule has 0 aliphatic rings. The van der Waals surface area contributed by atoms with Crippen molar-refractivity contribution in [3.05, 3.63) is 22.6 Å². The maximum absolute atomic E-state index is 8.42. The molecule has 0 rings (SSSR count). The van der Waals surface area contributed by atoms with Gasteiger partial charge < -0.3 is 9.64 Å². The number of ether oxygens (including phenoxy) is 1. The van der Waals surface area contributed by atoms with E-state index in [1.165, 1.54) is 83.5 Å². The quantitative estimate of drug-likeness (QED) is 0.0675. The largest absolute Gasteiger partial charge is 0.380 e. The fourth-order valence-electron chi connectivity index (χ4n) is 3.17. The summed E-state index contributed by atoms with van der Waals surface area (Å²) in [5, 5.41) is 3.65. The summed E-state index contributed by atoms with van der Waals surface area (Å²) in [7, 11) is 3.98. The Morgan fingerprint density at radius 3 is 1.93 bits per heavy atom. The fourth-order valence-corrected chi connectivity index (χ4v) is 3.17. The van der Waals surface area contributed by atoms with Crippen LogP contribution in [0.25, 0.3) is 10.4 Å². The van der Waals surface area contributed by atoms with Crippen LogP contribution in [0.1, 0.15) is 96.8 Å². The zero-order chi connectivity index (χ0) is 20.7. The zero-order valence-electron chi connectivity index (χ0n) is 18.9. The lowest BCUT2D eigenvalue weighted by atomic mass is 10.1. The number of rotatable bonds is 21. The SMILES string of the molecule is CCCCCCCC/C=C\CCCCCCCCOC[C@@H](CN=[N+]=[N-])N(C)C. The third-order valence-electron chi connectivity index (χ3n) is 5.20. The number of hydrogen-bond acceptors (Lipinski definition) is 3. The third-order valence-corrected chi connectivity index (χ3v) is 5.20. The maximum atomic E-state index is 8.42. The lowest BCUT2D eigenvalue weighted by molar-refractivity contribution is 0.0796. The second-order valence-corrected chi connectivity index (χ2v) is 8.04. The van der Waals surface area contributed by atoms with Crippen LogP contribution < -0.4 is 0 Å². The first-order valence-corrected chi connectivity index (χ1v) is 11.6. The van der Waals surface area contributed by atoms with Gasteiger partial charge in [-0.3, -0.25) is 0 Å². The van der Waals surface area contributed by atoms with E-state index in [0.717, 1.165) is 13.0 Å². The first kappa shape index (κ1) is 27.0. The van der Waals surface area contributed by atoms with Crippen LogP contribution in [-0.4, -0.2) is 44.8 Å². The Balaban J connectivity index is 3.30. The van der Waals surface area contributed by atoms with E-state index in [0.29, 0.717) is 13.2 Å². The van der Waals surface area contributed by atoms with E-state index in [9.17, 15) is 0 Å². The van der Waals surface area contributed by atoms with E-state index in [1.807, 2.05) is 14.1 Å². The molecule has 0 aromatic heterocycles. The van der Waals surface area contributed by atoms with Gasteiger partial charge in [0.1, 0.15) is 0 Å². The van der Waals surface area contributed by atoms with Gasteiger partial charge in [0.15, 0.2) is 0 Å². The summed E-state index contributed by atoms with van der Waals surface area (Å²) in [5.41, 5.74) is 8.42. The standard InChI is InChI=1S/C23H46N4O/c1-4-5-6-7-8-9-10-11-12-13-14-15-16-17-18-19-20-28-22-23(27(2)3)21-25-26-24/h11-12,23H,4-10,13-22H2,1-3H3/b12-11-/t23-/m1/s1. The average molecular weight is 395 g/mol. The van der Waals surface area contributed by atoms with Crippen LogP contribution in [0.3, 0.4) is 0 Å². The molecule has 0 aromatic carbocycles. The van der Waals surface area contributed by atoms with Crippen molar-refractivity contribution in [1.29, 1.82) is 0 Å². The predicted octanol–water partition coefficient (Wildman–Crippen LogP) is 7.28. The first-order valence-electron chi connectivity index (χ1n) is 11.6. The second-order valence-electron chi connectivity index (χ2n) is 8.04.